The Morgan fingerprint density at radius 1 is 1.14 bits per heavy atom. The monoisotopic (exact) mass is 549 g/mol. The van der Waals surface area contributed by atoms with Gasteiger partial charge in [0.1, 0.15) is 5.70 Å². The maximum Gasteiger partial charge on any atom is 0.374 e. The van der Waals surface area contributed by atoms with Crippen molar-refractivity contribution in [2.75, 3.05) is 26.0 Å². The van der Waals surface area contributed by atoms with Crippen LogP contribution in [-0.4, -0.2) is 79.0 Å². The molecule has 1 rings (SSSR count). The molecule has 0 aromatic heterocycles. The maximum atomic E-state index is 13.3. The van der Waals surface area contributed by atoms with Crippen LogP contribution in [0.5, 0.6) is 0 Å². The first-order chi connectivity index (χ1) is 15.8. The SMILES string of the molecule is CCOC(=O)C1=C[C@@H]([C@@H](CC(=O)C(=O)OC)O[Si](C)(C)C(C)(C)C)CN1S(=O)(=O)CC[Si](C)(C)C. The Bertz CT molecular complexity index is 932. The molecule has 2 atom stereocenters. The first-order valence-corrected chi connectivity index (χ1v) is 20.2. The largest absolute Gasteiger partial charge is 0.463 e. The van der Waals surface area contributed by atoms with E-state index in [0.29, 0.717) is 6.04 Å². The summed E-state index contributed by atoms with van der Waals surface area (Å²) in [6, 6.07) is 0.539. The number of esters is 2. The molecule has 9 nitrogen and oxygen atoms in total. The first-order valence-electron chi connectivity index (χ1n) is 11.9. The fourth-order valence-electron chi connectivity index (χ4n) is 3.25. The van der Waals surface area contributed by atoms with E-state index in [2.05, 4.69) is 24.4 Å². The second kappa shape index (κ2) is 11.7. The van der Waals surface area contributed by atoms with Crippen LogP contribution in [0.3, 0.4) is 0 Å². The molecule has 0 saturated carbocycles. The maximum absolute atomic E-state index is 13.3. The number of sulfonamides is 1. The number of ketones is 1. The predicted octanol–water partition coefficient (Wildman–Crippen LogP) is 3.56. The summed E-state index contributed by atoms with van der Waals surface area (Å²) in [6.45, 7) is 18.1. The van der Waals surface area contributed by atoms with Crippen LogP contribution < -0.4 is 0 Å². The highest BCUT2D eigenvalue weighted by Crippen LogP contribution is 2.40. The summed E-state index contributed by atoms with van der Waals surface area (Å²) < 4.78 is 44.0. The number of rotatable bonds is 12. The topological polar surface area (TPSA) is 116 Å². The van der Waals surface area contributed by atoms with Gasteiger partial charge in [-0.3, -0.25) is 9.10 Å². The lowest BCUT2D eigenvalue weighted by molar-refractivity contribution is -0.152. The molecule has 0 aromatic rings. The zero-order valence-electron chi connectivity index (χ0n) is 22.9. The molecule has 0 amide bonds. The second-order valence-corrected chi connectivity index (χ2v) is 24.0. The van der Waals surface area contributed by atoms with Crippen molar-refractivity contribution in [3.8, 4) is 0 Å². The van der Waals surface area contributed by atoms with Gasteiger partial charge in [0, 0.05) is 27.0 Å². The molecular weight excluding hydrogens is 506 g/mol. The predicted molar refractivity (Wildman–Crippen MR) is 141 cm³/mol. The third kappa shape index (κ3) is 8.83. The summed E-state index contributed by atoms with van der Waals surface area (Å²) in [4.78, 5) is 37.1. The second-order valence-electron chi connectivity index (χ2n) is 11.6. The molecule has 1 heterocycles. The molecule has 0 N–H and O–H groups in total. The van der Waals surface area contributed by atoms with Crippen molar-refractivity contribution in [2.24, 2.45) is 5.92 Å². The van der Waals surface area contributed by atoms with Crippen LogP contribution in [0.25, 0.3) is 0 Å². The molecule has 0 saturated heterocycles. The van der Waals surface area contributed by atoms with Crippen molar-refractivity contribution < 1.29 is 36.7 Å². The summed E-state index contributed by atoms with van der Waals surface area (Å²) in [6.07, 6.45) is 0.440. The molecule has 1 aliphatic rings. The number of ether oxygens (including phenoxy) is 2. The molecule has 12 heteroatoms. The minimum absolute atomic E-state index is 0.0596. The number of Topliss-reactive ketones (excluding diaryl/α,β-unsaturated/α-hetero) is 1. The van der Waals surface area contributed by atoms with Gasteiger partial charge in [-0.2, -0.15) is 0 Å². The van der Waals surface area contributed by atoms with Gasteiger partial charge in [0.2, 0.25) is 15.8 Å². The van der Waals surface area contributed by atoms with Gasteiger partial charge in [-0.25, -0.2) is 18.0 Å². The van der Waals surface area contributed by atoms with E-state index in [9.17, 15) is 22.8 Å². The molecule has 0 radical (unpaired) electrons. The zero-order chi connectivity index (χ0) is 27.4. The summed E-state index contributed by atoms with van der Waals surface area (Å²) in [5.41, 5.74) is -0.0678. The van der Waals surface area contributed by atoms with E-state index in [4.69, 9.17) is 9.16 Å². The van der Waals surface area contributed by atoms with Gasteiger partial charge in [-0.05, 0) is 37.2 Å². The Kier molecular flexibility index (Phi) is 10.5. The van der Waals surface area contributed by atoms with E-state index in [1.165, 1.54) is 6.08 Å². The van der Waals surface area contributed by atoms with Crippen LogP contribution in [0.2, 0.25) is 43.8 Å². The summed E-state index contributed by atoms with van der Waals surface area (Å²) in [5, 5.41) is -0.199. The fraction of sp³-hybridized carbons (Fsp3) is 0.783. The fourth-order valence-corrected chi connectivity index (χ4v) is 9.16. The van der Waals surface area contributed by atoms with Crippen LogP contribution in [0.15, 0.2) is 11.8 Å². The molecule has 0 bridgehead atoms. The average molecular weight is 550 g/mol. The third-order valence-corrected chi connectivity index (χ3v) is 14.8. The standard InChI is InChI=1S/C23H43NO8SSi2/c1-11-31-21(26)18-14-17(16-24(18)33(28,29)12-13-34(6,7)8)20(15-19(25)22(27)30-5)32-35(9,10)23(2,3)4/h14,17,20H,11-13,15-16H2,1-10H3/t17-,20-/m1/s1. The molecular formula is C23H43NO8SSi2. The average Bonchev–Trinajstić information content (AvgIpc) is 3.16. The molecule has 0 unspecified atom stereocenters. The Labute approximate surface area is 212 Å². The lowest BCUT2D eigenvalue weighted by Gasteiger charge is -2.40. The molecule has 0 aromatic carbocycles. The molecule has 1 aliphatic heterocycles. The van der Waals surface area contributed by atoms with Crippen molar-refractivity contribution in [1.82, 2.24) is 4.31 Å². The number of carbonyl (C=O) groups excluding carboxylic acids is 3. The van der Waals surface area contributed by atoms with Gasteiger partial charge in [0.05, 0.1) is 25.6 Å². The lowest BCUT2D eigenvalue weighted by Crippen LogP contribution is -2.47. The minimum Gasteiger partial charge on any atom is -0.463 e. The number of carbonyl (C=O) groups is 3. The highest BCUT2D eigenvalue weighted by molar-refractivity contribution is 7.89. The summed E-state index contributed by atoms with van der Waals surface area (Å²) >= 11 is 0. The van der Waals surface area contributed by atoms with Crippen molar-refractivity contribution in [2.45, 2.75) is 84.0 Å². The first kappa shape index (κ1) is 31.5. The van der Waals surface area contributed by atoms with Crippen LogP contribution in [0, 0.1) is 5.92 Å². The third-order valence-electron chi connectivity index (χ3n) is 6.48. The molecule has 0 aliphatic carbocycles. The summed E-state index contributed by atoms with van der Waals surface area (Å²) in [5.74, 6) is -3.18. The number of hydrogen-bond acceptors (Lipinski definition) is 8. The van der Waals surface area contributed by atoms with E-state index in [0.717, 1.165) is 11.4 Å². The van der Waals surface area contributed by atoms with Crippen molar-refractivity contribution in [3.63, 3.8) is 0 Å². The normalized spacial score (nSPS) is 18.2. The van der Waals surface area contributed by atoms with Crippen molar-refractivity contribution in [1.29, 1.82) is 0 Å². The smallest absolute Gasteiger partial charge is 0.374 e. The van der Waals surface area contributed by atoms with Gasteiger partial charge in [0.15, 0.2) is 8.32 Å². The Balaban J connectivity index is 3.43. The van der Waals surface area contributed by atoms with Crippen LogP contribution in [0.4, 0.5) is 0 Å². The van der Waals surface area contributed by atoms with Gasteiger partial charge in [-0.15, -0.1) is 0 Å². The van der Waals surface area contributed by atoms with E-state index >= 15 is 0 Å². The molecule has 202 valence electrons. The van der Waals surface area contributed by atoms with E-state index in [-0.39, 0.29) is 36.1 Å². The highest BCUT2D eigenvalue weighted by atomic mass is 32.2. The molecule has 0 fully saturated rings. The highest BCUT2D eigenvalue weighted by Gasteiger charge is 2.45. The Morgan fingerprint density at radius 3 is 2.17 bits per heavy atom. The lowest BCUT2D eigenvalue weighted by atomic mass is 9.99. The van der Waals surface area contributed by atoms with E-state index in [1.807, 2.05) is 33.9 Å². The molecule has 0 spiro atoms. The van der Waals surface area contributed by atoms with Crippen molar-refractivity contribution >= 4 is 44.1 Å². The van der Waals surface area contributed by atoms with Gasteiger partial charge in [0.25, 0.3) is 0 Å². The van der Waals surface area contributed by atoms with Gasteiger partial charge < -0.3 is 13.9 Å². The number of methoxy groups -OCH3 is 1. The number of hydrogen-bond donors (Lipinski definition) is 0. The van der Waals surface area contributed by atoms with E-state index < -0.39 is 56.2 Å². The number of nitrogens with zero attached hydrogens (tertiary/aromatic N) is 1. The Morgan fingerprint density at radius 2 is 1.71 bits per heavy atom. The minimum atomic E-state index is -3.82. The van der Waals surface area contributed by atoms with Crippen LogP contribution in [-0.2, 0) is 38.3 Å². The van der Waals surface area contributed by atoms with Gasteiger partial charge in [-0.1, -0.05) is 40.4 Å². The van der Waals surface area contributed by atoms with Gasteiger partial charge >= 0.3 is 11.9 Å². The zero-order valence-corrected chi connectivity index (χ0v) is 25.7. The van der Waals surface area contributed by atoms with Crippen molar-refractivity contribution in [3.05, 3.63) is 11.8 Å². The summed E-state index contributed by atoms with van der Waals surface area (Å²) in [7, 11) is -6.79. The Hall–Kier alpha value is -1.51. The van der Waals surface area contributed by atoms with Crippen LogP contribution >= 0.6 is 0 Å². The quantitative estimate of drug-likeness (QED) is 0.206. The molecule has 35 heavy (non-hydrogen) atoms. The van der Waals surface area contributed by atoms with E-state index in [1.54, 1.807) is 6.92 Å². The van der Waals surface area contributed by atoms with Crippen LogP contribution in [0.1, 0.15) is 34.1 Å².